The Kier molecular flexibility index (Phi) is 7.37. The quantitative estimate of drug-likeness (QED) is 0.284. The van der Waals surface area contributed by atoms with Crippen LogP contribution < -0.4 is 15.4 Å². The molecule has 1 fully saturated rings. The molecule has 1 aromatic rings. The van der Waals surface area contributed by atoms with Crippen molar-refractivity contribution in [3.05, 3.63) is 51.7 Å². The van der Waals surface area contributed by atoms with E-state index in [2.05, 4.69) is 20.6 Å². The number of aliphatic imine (C=N–C) groups is 2. The Morgan fingerprint density at radius 3 is 2.94 bits per heavy atom. The zero-order chi connectivity index (χ0) is 23.3. The number of rotatable bonds is 7. The number of halogens is 2. The number of amides is 1. The van der Waals surface area contributed by atoms with E-state index < -0.39 is 5.82 Å². The van der Waals surface area contributed by atoms with E-state index >= 15 is 0 Å². The minimum Gasteiger partial charge on any atom is -0.491 e. The van der Waals surface area contributed by atoms with Crippen LogP contribution in [0, 0.1) is 16.6 Å². The molecule has 11 heteroatoms. The summed E-state index contributed by atoms with van der Waals surface area (Å²) >= 11 is 6.17. The Morgan fingerprint density at radius 1 is 1.44 bits per heavy atom. The van der Waals surface area contributed by atoms with Crippen LogP contribution in [0.4, 0.5) is 4.39 Å². The van der Waals surface area contributed by atoms with E-state index in [1.165, 1.54) is 23.4 Å². The summed E-state index contributed by atoms with van der Waals surface area (Å²) < 4.78 is 19.4. The van der Waals surface area contributed by atoms with Gasteiger partial charge < -0.3 is 25.7 Å². The first-order valence-corrected chi connectivity index (χ1v) is 10.1. The van der Waals surface area contributed by atoms with Crippen LogP contribution in [0.2, 0.25) is 0 Å². The van der Waals surface area contributed by atoms with Crippen molar-refractivity contribution in [1.82, 2.24) is 15.5 Å². The predicted octanol–water partition coefficient (Wildman–Crippen LogP) is 2.65. The number of benzene rings is 1. The molecule has 9 nitrogen and oxygen atoms in total. The van der Waals surface area contributed by atoms with Crippen LogP contribution in [0.1, 0.15) is 24.2 Å². The number of hydrogen-bond acceptors (Lipinski definition) is 6. The van der Waals surface area contributed by atoms with E-state index in [-0.39, 0.29) is 42.6 Å². The van der Waals surface area contributed by atoms with Crippen LogP contribution in [0.5, 0.6) is 5.75 Å². The SMILES string of the molecule is CC1=N/C(=C2\CN(C(=O)c3ccc(F)cc3OCCN/C=N\C=N)CC2=N)NC(C)=C1Cl. The van der Waals surface area contributed by atoms with Crippen molar-refractivity contribution in [3.63, 3.8) is 0 Å². The van der Waals surface area contributed by atoms with Crippen LogP contribution >= 0.6 is 11.6 Å². The number of likely N-dealkylation sites (tertiary alicyclic amines) is 1. The highest BCUT2D eigenvalue weighted by atomic mass is 35.5. The number of allylic oxidation sites excluding steroid dienone is 2. The summed E-state index contributed by atoms with van der Waals surface area (Å²) in [5.74, 6) is -0.288. The highest BCUT2D eigenvalue weighted by Crippen LogP contribution is 2.27. The lowest BCUT2D eigenvalue weighted by atomic mass is 10.1. The van der Waals surface area contributed by atoms with Gasteiger partial charge >= 0.3 is 0 Å². The predicted molar refractivity (Wildman–Crippen MR) is 123 cm³/mol. The van der Waals surface area contributed by atoms with Gasteiger partial charge in [-0.15, -0.1) is 0 Å². The molecule has 0 spiro atoms. The Labute approximate surface area is 189 Å². The number of hydrogen-bond donors (Lipinski definition) is 4. The minimum absolute atomic E-state index is 0.100. The van der Waals surface area contributed by atoms with E-state index in [9.17, 15) is 9.18 Å². The first kappa shape index (κ1) is 23.1. The van der Waals surface area contributed by atoms with Crippen molar-refractivity contribution in [2.24, 2.45) is 9.98 Å². The largest absolute Gasteiger partial charge is 0.491 e. The summed E-state index contributed by atoms with van der Waals surface area (Å²) in [5.41, 5.74) is 2.43. The van der Waals surface area contributed by atoms with Gasteiger partial charge in [-0.2, -0.15) is 0 Å². The Hall–Kier alpha value is -3.53. The van der Waals surface area contributed by atoms with E-state index in [1.807, 2.05) is 6.92 Å². The fourth-order valence-corrected chi connectivity index (χ4v) is 3.31. The van der Waals surface area contributed by atoms with Crippen molar-refractivity contribution in [2.45, 2.75) is 13.8 Å². The maximum atomic E-state index is 13.8. The summed E-state index contributed by atoms with van der Waals surface area (Å²) in [6.45, 7) is 4.38. The molecule has 2 heterocycles. The minimum atomic E-state index is -0.526. The molecule has 1 aromatic carbocycles. The first-order chi connectivity index (χ1) is 15.3. The fourth-order valence-electron chi connectivity index (χ4n) is 3.22. The van der Waals surface area contributed by atoms with Crippen molar-refractivity contribution < 1.29 is 13.9 Å². The lowest BCUT2D eigenvalue weighted by Crippen LogP contribution is -2.29. The van der Waals surface area contributed by atoms with Crippen LogP contribution in [-0.2, 0) is 0 Å². The Bertz CT molecular complexity index is 1080. The van der Waals surface area contributed by atoms with Gasteiger partial charge in [-0.05, 0) is 26.0 Å². The van der Waals surface area contributed by atoms with Crippen LogP contribution in [-0.4, -0.2) is 61.1 Å². The fraction of sp³-hybridized carbons (Fsp3) is 0.286. The molecule has 0 aliphatic carbocycles. The van der Waals surface area contributed by atoms with Gasteiger partial charge in [0.1, 0.15) is 30.3 Å². The second kappa shape index (κ2) is 10.2. The Morgan fingerprint density at radius 2 is 2.22 bits per heavy atom. The van der Waals surface area contributed by atoms with E-state index in [0.29, 0.717) is 28.7 Å². The van der Waals surface area contributed by atoms with E-state index in [4.69, 9.17) is 27.2 Å². The molecule has 168 valence electrons. The molecule has 0 bridgehead atoms. The standard InChI is InChI=1S/C21H23ClFN7O2/c1-12-19(22)13(2)29-20(28-12)16-8-30(9-17(16)25)21(31)15-4-3-14(23)7-18(15)32-6-5-26-11-27-10-24/h3-4,7,10-11,25,28H,5-6,8-9H2,1-2H3,(H2,24,26,27)/b20-16+,25-17?. The van der Waals surface area contributed by atoms with Gasteiger partial charge in [0.2, 0.25) is 0 Å². The average molecular weight is 460 g/mol. The van der Waals surface area contributed by atoms with Gasteiger partial charge in [-0.25, -0.2) is 14.4 Å². The van der Waals surface area contributed by atoms with Gasteiger partial charge in [0.25, 0.3) is 5.91 Å². The van der Waals surface area contributed by atoms with Crippen molar-refractivity contribution in [3.8, 4) is 5.75 Å². The molecule has 1 saturated heterocycles. The monoisotopic (exact) mass is 459 g/mol. The zero-order valence-electron chi connectivity index (χ0n) is 17.6. The smallest absolute Gasteiger partial charge is 0.258 e. The topological polar surface area (TPSA) is 126 Å². The second-order valence-corrected chi connectivity index (χ2v) is 7.46. The highest BCUT2D eigenvalue weighted by Gasteiger charge is 2.31. The maximum absolute atomic E-state index is 13.8. The summed E-state index contributed by atoms with van der Waals surface area (Å²) in [5, 5.41) is 21.6. The third-order valence-corrected chi connectivity index (χ3v) is 5.34. The lowest BCUT2D eigenvalue weighted by Gasteiger charge is -2.19. The molecular formula is C21H23ClFN7O2. The molecule has 0 radical (unpaired) electrons. The number of ether oxygens (including phenoxy) is 1. The van der Waals surface area contributed by atoms with Crippen molar-refractivity contribution in [1.29, 1.82) is 10.8 Å². The first-order valence-electron chi connectivity index (χ1n) is 9.77. The van der Waals surface area contributed by atoms with Crippen molar-refractivity contribution in [2.75, 3.05) is 26.2 Å². The molecule has 0 saturated carbocycles. The van der Waals surface area contributed by atoms with Crippen LogP contribution in [0.3, 0.4) is 0 Å². The molecule has 1 amide bonds. The molecular weight excluding hydrogens is 437 g/mol. The summed E-state index contributed by atoms with van der Waals surface area (Å²) in [6.07, 6.45) is 2.22. The normalized spacial score (nSPS) is 18.7. The third kappa shape index (κ3) is 5.20. The van der Waals surface area contributed by atoms with E-state index in [0.717, 1.165) is 18.1 Å². The highest BCUT2D eigenvalue weighted by molar-refractivity contribution is 6.43. The van der Waals surface area contributed by atoms with Gasteiger partial charge in [0.15, 0.2) is 0 Å². The van der Waals surface area contributed by atoms with Crippen LogP contribution in [0.15, 0.2) is 50.3 Å². The maximum Gasteiger partial charge on any atom is 0.258 e. The number of nitrogens with one attached hydrogen (secondary N) is 4. The summed E-state index contributed by atoms with van der Waals surface area (Å²) in [7, 11) is 0. The second-order valence-electron chi connectivity index (χ2n) is 7.08. The van der Waals surface area contributed by atoms with E-state index in [1.54, 1.807) is 6.92 Å². The molecule has 0 atom stereocenters. The summed E-state index contributed by atoms with van der Waals surface area (Å²) in [4.78, 5) is 22.6. The molecule has 0 unspecified atom stereocenters. The van der Waals surface area contributed by atoms with Gasteiger partial charge in [-0.1, -0.05) is 11.6 Å². The number of carbonyl (C=O) groups is 1. The molecule has 4 N–H and O–H groups in total. The third-order valence-electron chi connectivity index (χ3n) is 4.79. The Balaban J connectivity index is 1.76. The van der Waals surface area contributed by atoms with Crippen LogP contribution in [0.25, 0.3) is 0 Å². The summed E-state index contributed by atoms with van der Waals surface area (Å²) in [6, 6.07) is 3.73. The zero-order valence-corrected chi connectivity index (χ0v) is 18.4. The van der Waals surface area contributed by atoms with Crippen molar-refractivity contribution >= 4 is 41.6 Å². The van der Waals surface area contributed by atoms with Gasteiger partial charge in [0.05, 0.1) is 41.4 Å². The van der Waals surface area contributed by atoms with Gasteiger partial charge in [0, 0.05) is 23.9 Å². The molecule has 2 aliphatic rings. The van der Waals surface area contributed by atoms with Gasteiger partial charge in [-0.3, -0.25) is 10.2 Å². The number of carbonyl (C=O) groups excluding carboxylic acids is 1. The molecule has 2 aliphatic heterocycles. The molecule has 3 rings (SSSR count). The molecule has 0 aromatic heterocycles. The molecule has 32 heavy (non-hydrogen) atoms. The average Bonchev–Trinajstić information content (AvgIpc) is 3.15. The lowest BCUT2D eigenvalue weighted by molar-refractivity contribution is 0.0799. The number of nitrogens with zero attached hydrogens (tertiary/aromatic N) is 3.